The van der Waals surface area contributed by atoms with Gasteiger partial charge in [-0.15, -0.1) is 0 Å². The molecule has 174 valence electrons. The Balaban J connectivity index is 1.78. The molecular formula is C27H28N4O3. The third kappa shape index (κ3) is 5.27. The molecular weight excluding hydrogens is 428 g/mol. The number of aromatic nitrogens is 1. The van der Waals surface area contributed by atoms with Crippen LogP contribution >= 0.6 is 0 Å². The van der Waals surface area contributed by atoms with Gasteiger partial charge in [-0.2, -0.15) is 0 Å². The van der Waals surface area contributed by atoms with Crippen molar-refractivity contribution in [1.82, 2.24) is 9.30 Å². The van der Waals surface area contributed by atoms with Crippen LogP contribution in [-0.2, 0) is 9.63 Å². The zero-order chi connectivity index (χ0) is 23.9. The number of likely N-dealkylation sites (N-methyl/N-ethyl adjacent to an activating group) is 1. The molecule has 0 spiro atoms. The molecule has 1 amide bonds. The molecule has 0 radical (unpaired) electrons. The maximum absolute atomic E-state index is 13.5. The van der Waals surface area contributed by atoms with Gasteiger partial charge in [-0.05, 0) is 62.1 Å². The Hall–Kier alpha value is -4.10. The molecule has 4 aromatic rings. The molecule has 7 nitrogen and oxygen atoms in total. The Bertz CT molecular complexity index is 1280. The zero-order valence-corrected chi connectivity index (χ0v) is 19.6. The number of amides is 1. The summed E-state index contributed by atoms with van der Waals surface area (Å²) >= 11 is 0. The summed E-state index contributed by atoms with van der Waals surface area (Å²) in [6.07, 6.45) is 1.92. The molecule has 34 heavy (non-hydrogen) atoms. The monoisotopic (exact) mass is 456 g/mol. The van der Waals surface area contributed by atoms with Gasteiger partial charge in [0.25, 0.3) is 5.91 Å². The maximum Gasteiger partial charge on any atom is 0.279 e. The van der Waals surface area contributed by atoms with Crippen LogP contribution in [-0.4, -0.2) is 55.3 Å². The Labute approximate surface area is 199 Å². The van der Waals surface area contributed by atoms with Crippen molar-refractivity contribution in [3.63, 3.8) is 0 Å². The van der Waals surface area contributed by atoms with E-state index in [2.05, 4.69) is 16.5 Å². The van der Waals surface area contributed by atoms with E-state index in [-0.39, 0.29) is 11.6 Å². The van der Waals surface area contributed by atoms with Gasteiger partial charge in [0, 0.05) is 29.5 Å². The van der Waals surface area contributed by atoms with Crippen LogP contribution in [0.25, 0.3) is 16.6 Å². The van der Waals surface area contributed by atoms with Gasteiger partial charge in [0.1, 0.15) is 12.4 Å². The number of carbonyl (C=O) groups excluding carboxylic acids is 1. The Kier molecular flexibility index (Phi) is 7.25. The van der Waals surface area contributed by atoms with E-state index >= 15 is 0 Å². The van der Waals surface area contributed by atoms with Crippen molar-refractivity contribution in [3.05, 3.63) is 90.8 Å². The van der Waals surface area contributed by atoms with Crippen LogP contribution in [0.15, 0.2) is 90.2 Å². The number of hydrogen-bond acceptors (Lipinski definition) is 5. The molecule has 0 saturated heterocycles. The van der Waals surface area contributed by atoms with Crippen LogP contribution in [0.3, 0.4) is 0 Å². The van der Waals surface area contributed by atoms with Crippen molar-refractivity contribution in [3.8, 4) is 16.9 Å². The summed E-state index contributed by atoms with van der Waals surface area (Å²) in [6, 6.07) is 25.1. The molecule has 0 fully saturated rings. The van der Waals surface area contributed by atoms with Gasteiger partial charge in [0.05, 0.1) is 12.8 Å². The molecule has 7 heteroatoms. The first-order valence-corrected chi connectivity index (χ1v) is 11.0. The van der Waals surface area contributed by atoms with E-state index in [1.807, 2.05) is 78.1 Å². The number of carbonyl (C=O) groups is 1. The van der Waals surface area contributed by atoms with Crippen molar-refractivity contribution in [2.24, 2.45) is 5.16 Å². The molecule has 0 bridgehead atoms. The highest BCUT2D eigenvalue weighted by atomic mass is 16.6. The van der Waals surface area contributed by atoms with E-state index in [4.69, 9.17) is 9.57 Å². The lowest BCUT2D eigenvalue weighted by Gasteiger charge is -2.13. The van der Waals surface area contributed by atoms with Gasteiger partial charge in [0.2, 0.25) is 0 Å². The molecule has 0 atom stereocenters. The molecule has 4 rings (SSSR count). The first-order valence-electron chi connectivity index (χ1n) is 11.0. The molecule has 0 unspecified atom stereocenters. The van der Waals surface area contributed by atoms with Crippen molar-refractivity contribution in [1.29, 1.82) is 0 Å². The smallest absolute Gasteiger partial charge is 0.279 e. The van der Waals surface area contributed by atoms with Crippen molar-refractivity contribution < 1.29 is 14.4 Å². The number of benzene rings is 2. The van der Waals surface area contributed by atoms with Crippen LogP contribution in [0.5, 0.6) is 5.75 Å². The Morgan fingerprint density at radius 1 is 1.00 bits per heavy atom. The van der Waals surface area contributed by atoms with E-state index in [0.717, 1.165) is 16.6 Å². The summed E-state index contributed by atoms with van der Waals surface area (Å²) in [5.74, 6) is 0.346. The number of pyridine rings is 1. The number of rotatable bonds is 9. The van der Waals surface area contributed by atoms with Crippen molar-refractivity contribution >= 4 is 22.8 Å². The molecule has 1 N–H and O–H groups in total. The normalized spacial score (nSPS) is 11.6. The number of oxime groups is 1. The Morgan fingerprint density at radius 2 is 1.74 bits per heavy atom. The molecule has 0 aliphatic rings. The van der Waals surface area contributed by atoms with Gasteiger partial charge in [0.15, 0.2) is 5.71 Å². The number of fused-ring (bicyclic) bond motifs is 1. The SMILES string of the molecule is COc1ccc(NC(=O)C(=NOCCN(C)C)c2c(-c3ccccc3)cc3ccccn23)cc1. The van der Waals surface area contributed by atoms with Crippen molar-refractivity contribution in [2.45, 2.75) is 0 Å². The van der Waals surface area contributed by atoms with Crippen LogP contribution in [0, 0.1) is 0 Å². The molecule has 2 aromatic heterocycles. The fraction of sp³-hybridized carbons (Fsp3) is 0.185. The highest BCUT2D eigenvalue weighted by molar-refractivity contribution is 6.49. The van der Waals surface area contributed by atoms with E-state index in [1.165, 1.54) is 0 Å². The highest BCUT2D eigenvalue weighted by Gasteiger charge is 2.24. The van der Waals surface area contributed by atoms with Gasteiger partial charge < -0.3 is 24.2 Å². The van der Waals surface area contributed by atoms with Crippen LogP contribution in [0.4, 0.5) is 5.69 Å². The van der Waals surface area contributed by atoms with Gasteiger partial charge >= 0.3 is 0 Å². The van der Waals surface area contributed by atoms with E-state index in [0.29, 0.717) is 30.3 Å². The predicted molar refractivity (Wildman–Crippen MR) is 135 cm³/mol. The summed E-state index contributed by atoms with van der Waals surface area (Å²) in [7, 11) is 5.52. The van der Waals surface area contributed by atoms with Crippen molar-refractivity contribution in [2.75, 3.05) is 39.7 Å². The molecule has 2 heterocycles. The van der Waals surface area contributed by atoms with Gasteiger partial charge in [-0.25, -0.2) is 0 Å². The third-order valence-corrected chi connectivity index (χ3v) is 5.34. The molecule has 0 aliphatic carbocycles. The minimum atomic E-state index is -0.365. The maximum atomic E-state index is 13.5. The quantitative estimate of drug-likeness (QED) is 0.228. The van der Waals surface area contributed by atoms with Crippen LogP contribution in [0.2, 0.25) is 0 Å². The van der Waals surface area contributed by atoms with E-state index in [1.54, 1.807) is 31.4 Å². The highest BCUT2D eigenvalue weighted by Crippen LogP contribution is 2.29. The van der Waals surface area contributed by atoms with Gasteiger partial charge in [-0.1, -0.05) is 41.6 Å². The second kappa shape index (κ2) is 10.7. The fourth-order valence-electron chi connectivity index (χ4n) is 3.59. The number of methoxy groups -OCH3 is 1. The average molecular weight is 457 g/mol. The minimum Gasteiger partial charge on any atom is -0.497 e. The zero-order valence-electron chi connectivity index (χ0n) is 19.6. The summed E-state index contributed by atoms with van der Waals surface area (Å²) < 4.78 is 7.18. The standard InChI is InChI=1S/C27H28N4O3/c1-30(2)17-18-34-29-25(27(32)28-21-12-14-23(33-3)15-13-21)26-24(20-9-5-4-6-10-20)19-22-11-7-8-16-31(22)26/h4-16,19H,17-18H2,1-3H3,(H,28,32). The number of nitrogens with one attached hydrogen (secondary N) is 1. The van der Waals surface area contributed by atoms with E-state index < -0.39 is 0 Å². The average Bonchev–Trinajstić information content (AvgIpc) is 3.24. The van der Waals surface area contributed by atoms with E-state index in [9.17, 15) is 4.79 Å². The Morgan fingerprint density at radius 3 is 2.44 bits per heavy atom. The second-order valence-corrected chi connectivity index (χ2v) is 8.03. The molecule has 0 saturated carbocycles. The number of nitrogens with zero attached hydrogens (tertiary/aromatic N) is 3. The lowest BCUT2D eigenvalue weighted by atomic mass is 10.0. The van der Waals surface area contributed by atoms with Gasteiger partial charge in [-0.3, -0.25) is 4.79 Å². The predicted octanol–water partition coefficient (Wildman–Crippen LogP) is 4.54. The summed E-state index contributed by atoms with van der Waals surface area (Å²) in [4.78, 5) is 21.2. The van der Waals surface area contributed by atoms with Crippen LogP contribution < -0.4 is 10.1 Å². The lowest BCUT2D eigenvalue weighted by molar-refractivity contribution is -0.110. The first kappa shape index (κ1) is 23.1. The lowest BCUT2D eigenvalue weighted by Crippen LogP contribution is -2.26. The second-order valence-electron chi connectivity index (χ2n) is 8.03. The summed E-state index contributed by atoms with van der Waals surface area (Å²) in [5, 5.41) is 7.28. The minimum absolute atomic E-state index is 0.194. The number of hydrogen-bond donors (Lipinski definition) is 1. The summed E-state index contributed by atoms with van der Waals surface area (Å²) in [5.41, 5.74) is 4.33. The largest absolute Gasteiger partial charge is 0.497 e. The summed E-state index contributed by atoms with van der Waals surface area (Å²) in [6.45, 7) is 1.04. The molecule has 2 aromatic carbocycles. The van der Waals surface area contributed by atoms with Crippen LogP contribution in [0.1, 0.15) is 5.69 Å². The number of anilines is 1. The first-order chi connectivity index (χ1) is 16.6. The topological polar surface area (TPSA) is 67.6 Å². The molecule has 0 aliphatic heterocycles. The number of ether oxygens (including phenoxy) is 1. The third-order valence-electron chi connectivity index (χ3n) is 5.34. The fourth-order valence-corrected chi connectivity index (χ4v) is 3.59.